The molecule has 258 valence electrons. The van der Waals surface area contributed by atoms with E-state index in [1.165, 1.54) is 24.3 Å². The fraction of sp³-hybridized carbons (Fsp3) is 0.324. The number of carboxylic acid groups (broad SMARTS) is 1. The molecular formula is C37H33ClFN3O8. The lowest BCUT2D eigenvalue weighted by Gasteiger charge is -2.50. The third-order valence-corrected chi connectivity index (χ3v) is 10.7. The Balaban J connectivity index is 1.44. The summed E-state index contributed by atoms with van der Waals surface area (Å²) in [7, 11) is 0. The molecule has 6 unspecified atom stereocenters. The summed E-state index contributed by atoms with van der Waals surface area (Å²) in [6, 6.07) is 18.9. The van der Waals surface area contributed by atoms with E-state index >= 15 is 4.79 Å². The molecule has 2 heterocycles. The predicted octanol–water partition coefficient (Wildman–Crippen LogP) is 4.31. The minimum atomic E-state index is -1.60. The number of hydrogen-bond acceptors (Lipinski definition) is 8. The molecule has 0 aromatic heterocycles. The Bertz CT molecular complexity index is 1920. The second kappa shape index (κ2) is 13.0. The summed E-state index contributed by atoms with van der Waals surface area (Å²) in [6.07, 6.45) is 1.68. The summed E-state index contributed by atoms with van der Waals surface area (Å²) in [5, 5.41) is 20.3. The number of imide groups is 2. The van der Waals surface area contributed by atoms with E-state index in [9.17, 15) is 33.8 Å². The van der Waals surface area contributed by atoms with Crippen molar-refractivity contribution < 1.29 is 43.3 Å². The zero-order valence-electron chi connectivity index (χ0n) is 26.6. The predicted molar refractivity (Wildman–Crippen MR) is 177 cm³/mol. The number of carboxylic acids is 1. The molecule has 0 radical (unpaired) electrons. The lowest BCUT2D eigenvalue weighted by atomic mass is 9.49. The lowest BCUT2D eigenvalue weighted by molar-refractivity contribution is -0.143. The molecule has 3 aromatic carbocycles. The SMILES string of the molecule is O=C(O)CCN1C(=O)C2CC=C3C(CC4C(=O)N(Nc5ccc(F)cc5)C(=O)C4(c4ccc(Cl)cc4)C3c3ccccc3OCCO)C2C1=O. The highest BCUT2D eigenvalue weighted by Crippen LogP contribution is 2.65. The van der Waals surface area contributed by atoms with Gasteiger partial charge in [0.15, 0.2) is 0 Å². The van der Waals surface area contributed by atoms with Gasteiger partial charge in [-0.05, 0) is 66.8 Å². The number of para-hydroxylation sites is 1. The summed E-state index contributed by atoms with van der Waals surface area (Å²) < 4.78 is 19.8. The van der Waals surface area contributed by atoms with Crippen LogP contribution in [0.3, 0.4) is 0 Å². The van der Waals surface area contributed by atoms with Crippen LogP contribution in [0.25, 0.3) is 0 Å². The molecule has 7 rings (SSSR count). The molecule has 13 heteroatoms. The van der Waals surface area contributed by atoms with E-state index in [2.05, 4.69) is 5.43 Å². The molecule has 6 atom stereocenters. The standard InChI is InChI=1S/C37H33ClFN3O8/c38-21-7-5-20(6-8-21)37-28(34(47)42(36(37)49)40-23-11-9-22(39)10-12-23)19-27-24(32(37)25-3-1-2-4-29(25)50-18-17-43)13-14-26-31(27)35(48)41(33(26)46)16-15-30(44)45/h1-13,26-28,31-32,40,43H,14-19H2,(H,44,45). The monoisotopic (exact) mass is 701 g/mol. The first-order chi connectivity index (χ1) is 24.1. The van der Waals surface area contributed by atoms with Crippen LogP contribution in [-0.2, 0) is 29.4 Å². The van der Waals surface area contributed by atoms with Crippen LogP contribution in [-0.4, -0.2) is 69.5 Å². The maximum atomic E-state index is 15.2. The second-order valence-electron chi connectivity index (χ2n) is 13.0. The number of nitrogens with zero attached hydrogens (tertiary/aromatic N) is 2. The molecule has 3 fully saturated rings. The Morgan fingerprint density at radius 3 is 2.38 bits per heavy atom. The number of aliphatic hydroxyl groups is 1. The highest BCUT2D eigenvalue weighted by molar-refractivity contribution is 6.30. The maximum Gasteiger partial charge on any atom is 0.305 e. The molecule has 3 aromatic rings. The van der Waals surface area contributed by atoms with Crippen LogP contribution in [0.4, 0.5) is 10.1 Å². The number of likely N-dealkylation sites (tertiary alicyclic amines) is 1. The number of ether oxygens (including phenoxy) is 1. The van der Waals surface area contributed by atoms with Gasteiger partial charge in [-0.2, -0.15) is 5.01 Å². The molecule has 2 saturated heterocycles. The number of aliphatic carboxylic acids is 1. The molecule has 4 amide bonds. The van der Waals surface area contributed by atoms with Gasteiger partial charge in [-0.1, -0.05) is 53.6 Å². The summed E-state index contributed by atoms with van der Waals surface area (Å²) >= 11 is 6.33. The number of benzene rings is 3. The number of hydrogen-bond donors (Lipinski definition) is 3. The highest BCUT2D eigenvalue weighted by atomic mass is 35.5. The van der Waals surface area contributed by atoms with Crippen molar-refractivity contribution in [2.24, 2.45) is 23.7 Å². The van der Waals surface area contributed by atoms with Crippen molar-refractivity contribution in [1.82, 2.24) is 9.91 Å². The third-order valence-electron chi connectivity index (χ3n) is 10.5. The van der Waals surface area contributed by atoms with Crippen molar-refractivity contribution >= 4 is 46.9 Å². The smallest absolute Gasteiger partial charge is 0.305 e. The van der Waals surface area contributed by atoms with Gasteiger partial charge in [0.05, 0.1) is 41.9 Å². The molecule has 4 aliphatic rings. The molecule has 2 aliphatic carbocycles. The van der Waals surface area contributed by atoms with Crippen LogP contribution in [0.2, 0.25) is 5.02 Å². The van der Waals surface area contributed by atoms with Gasteiger partial charge in [-0.3, -0.25) is 34.3 Å². The van der Waals surface area contributed by atoms with Gasteiger partial charge in [0.25, 0.3) is 11.8 Å². The molecule has 11 nitrogen and oxygen atoms in total. The number of halogens is 2. The number of rotatable bonds is 10. The van der Waals surface area contributed by atoms with Crippen LogP contribution in [0, 0.1) is 29.5 Å². The molecule has 0 bridgehead atoms. The number of hydrazine groups is 1. The normalized spacial score (nSPS) is 27.1. The van der Waals surface area contributed by atoms with Crippen molar-refractivity contribution in [3.8, 4) is 5.75 Å². The van der Waals surface area contributed by atoms with E-state index < -0.39 is 76.8 Å². The van der Waals surface area contributed by atoms with Gasteiger partial charge in [-0.25, -0.2) is 4.39 Å². The number of nitrogens with one attached hydrogen (secondary N) is 1. The second-order valence-corrected chi connectivity index (χ2v) is 13.4. The Morgan fingerprint density at radius 1 is 0.960 bits per heavy atom. The number of anilines is 1. The molecule has 3 N–H and O–H groups in total. The summed E-state index contributed by atoms with van der Waals surface area (Å²) in [5.74, 6) is -7.65. The molecule has 50 heavy (non-hydrogen) atoms. The first-order valence-electron chi connectivity index (χ1n) is 16.3. The van der Waals surface area contributed by atoms with E-state index in [1.54, 1.807) is 48.5 Å². The maximum absolute atomic E-state index is 15.2. The van der Waals surface area contributed by atoms with Gasteiger partial charge < -0.3 is 14.9 Å². The number of allylic oxidation sites excluding steroid dienone is 2. The van der Waals surface area contributed by atoms with Crippen LogP contribution in [0.1, 0.15) is 36.3 Å². The number of fused-ring (bicyclic) bond motifs is 4. The summed E-state index contributed by atoms with van der Waals surface area (Å²) in [4.78, 5) is 69.9. The van der Waals surface area contributed by atoms with Crippen molar-refractivity contribution in [3.05, 3.63) is 106 Å². The topological polar surface area (TPSA) is 154 Å². The van der Waals surface area contributed by atoms with Crippen molar-refractivity contribution in [2.75, 3.05) is 25.2 Å². The van der Waals surface area contributed by atoms with Crippen molar-refractivity contribution in [2.45, 2.75) is 30.6 Å². The van der Waals surface area contributed by atoms with Crippen molar-refractivity contribution in [1.29, 1.82) is 0 Å². The Labute approximate surface area is 291 Å². The van der Waals surface area contributed by atoms with Crippen LogP contribution < -0.4 is 10.2 Å². The molecular weight excluding hydrogens is 669 g/mol. The number of amides is 4. The van der Waals surface area contributed by atoms with Crippen molar-refractivity contribution in [3.63, 3.8) is 0 Å². The summed E-state index contributed by atoms with van der Waals surface area (Å²) in [5.41, 5.74) is 3.32. The Morgan fingerprint density at radius 2 is 1.68 bits per heavy atom. The van der Waals surface area contributed by atoms with Gasteiger partial charge in [0.2, 0.25) is 11.8 Å². The average Bonchev–Trinajstić information content (AvgIpc) is 3.48. The van der Waals surface area contributed by atoms with Gasteiger partial charge in [0.1, 0.15) is 18.2 Å². The minimum absolute atomic E-state index is 0.0315. The Hall–Kier alpha value is -5.07. The van der Waals surface area contributed by atoms with E-state index in [-0.39, 0.29) is 32.6 Å². The summed E-state index contributed by atoms with van der Waals surface area (Å²) in [6.45, 7) is -0.603. The van der Waals surface area contributed by atoms with Crippen LogP contribution >= 0.6 is 11.6 Å². The molecule has 0 spiro atoms. The largest absolute Gasteiger partial charge is 0.491 e. The van der Waals surface area contributed by atoms with E-state index in [0.29, 0.717) is 33.2 Å². The van der Waals surface area contributed by atoms with E-state index in [4.69, 9.17) is 16.3 Å². The van der Waals surface area contributed by atoms with Gasteiger partial charge >= 0.3 is 5.97 Å². The molecule has 1 saturated carbocycles. The first kappa shape index (κ1) is 33.4. The number of carbonyl (C=O) groups excluding carboxylic acids is 4. The zero-order chi connectivity index (χ0) is 35.3. The zero-order valence-corrected chi connectivity index (χ0v) is 27.4. The lowest BCUT2D eigenvalue weighted by Crippen LogP contribution is -2.53. The fourth-order valence-electron chi connectivity index (χ4n) is 8.50. The van der Waals surface area contributed by atoms with Crippen LogP contribution in [0.15, 0.2) is 84.4 Å². The van der Waals surface area contributed by atoms with Crippen LogP contribution in [0.5, 0.6) is 5.75 Å². The minimum Gasteiger partial charge on any atom is -0.491 e. The number of aliphatic hydroxyl groups excluding tert-OH is 1. The average molecular weight is 702 g/mol. The van der Waals surface area contributed by atoms with E-state index in [0.717, 1.165) is 9.91 Å². The quantitative estimate of drug-likeness (QED) is 0.207. The third kappa shape index (κ3) is 5.25. The number of carbonyl (C=O) groups is 5. The van der Waals surface area contributed by atoms with E-state index in [1.807, 2.05) is 6.08 Å². The molecule has 2 aliphatic heterocycles. The van der Waals surface area contributed by atoms with Gasteiger partial charge in [-0.15, -0.1) is 0 Å². The fourth-order valence-corrected chi connectivity index (χ4v) is 8.62. The highest BCUT2D eigenvalue weighted by Gasteiger charge is 2.70. The van der Waals surface area contributed by atoms with Gasteiger partial charge in [0, 0.05) is 23.0 Å². The Kier molecular flexibility index (Phi) is 8.69. The first-order valence-corrected chi connectivity index (χ1v) is 16.7.